The Kier molecular flexibility index (Phi) is 4.98. The number of amides is 2. The summed E-state index contributed by atoms with van der Waals surface area (Å²) in [6.45, 7) is 2.65. The highest BCUT2D eigenvalue weighted by molar-refractivity contribution is 5.93. The number of aromatic nitrogens is 1. The quantitative estimate of drug-likeness (QED) is 0.493. The van der Waals surface area contributed by atoms with Crippen LogP contribution >= 0.6 is 0 Å². The molecule has 2 bridgehead atoms. The first kappa shape index (κ1) is 20.7. The van der Waals surface area contributed by atoms with Gasteiger partial charge in [0.1, 0.15) is 6.04 Å². The van der Waals surface area contributed by atoms with E-state index in [2.05, 4.69) is 41.4 Å². The van der Waals surface area contributed by atoms with Gasteiger partial charge in [0.2, 0.25) is 11.8 Å². The molecule has 2 amide bonds. The Labute approximate surface area is 199 Å². The zero-order valence-corrected chi connectivity index (χ0v) is 19.1. The number of hydrogen-bond donors (Lipinski definition) is 1. The molecule has 1 aromatic heterocycles. The third kappa shape index (κ3) is 3.31. The second-order valence-corrected chi connectivity index (χ2v) is 9.34. The number of hydrogen-bond acceptors (Lipinski definition) is 2. The highest BCUT2D eigenvalue weighted by atomic mass is 16.2. The van der Waals surface area contributed by atoms with Crippen molar-refractivity contribution in [1.29, 1.82) is 0 Å². The van der Waals surface area contributed by atoms with Gasteiger partial charge in [-0.2, -0.15) is 0 Å². The fourth-order valence-corrected chi connectivity index (χ4v) is 5.87. The van der Waals surface area contributed by atoms with Gasteiger partial charge in [0.25, 0.3) is 0 Å². The average molecular weight is 450 g/mol. The molecule has 1 N–H and O–H groups in total. The van der Waals surface area contributed by atoms with E-state index in [1.807, 2.05) is 53.4 Å². The van der Waals surface area contributed by atoms with Crippen LogP contribution in [0.2, 0.25) is 0 Å². The fourth-order valence-electron chi connectivity index (χ4n) is 5.87. The Morgan fingerprint density at radius 1 is 0.912 bits per heavy atom. The molecular formula is C29H27N3O2. The smallest absolute Gasteiger partial charge is 0.245 e. The van der Waals surface area contributed by atoms with Crippen LogP contribution in [0, 0.1) is 0 Å². The van der Waals surface area contributed by atoms with E-state index in [1.54, 1.807) is 11.8 Å². The molecule has 0 aliphatic carbocycles. The van der Waals surface area contributed by atoms with Crippen molar-refractivity contribution in [3.8, 4) is 0 Å². The van der Waals surface area contributed by atoms with E-state index in [-0.39, 0.29) is 23.8 Å². The lowest BCUT2D eigenvalue weighted by atomic mass is 9.85. The minimum absolute atomic E-state index is 0.0410. The molecule has 0 saturated carbocycles. The minimum Gasteiger partial charge on any atom is -0.356 e. The molecule has 34 heavy (non-hydrogen) atoms. The number of benzene rings is 3. The number of aromatic amines is 1. The summed E-state index contributed by atoms with van der Waals surface area (Å²) in [6.07, 6.45) is 0.548. The summed E-state index contributed by atoms with van der Waals surface area (Å²) < 4.78 is 0. The van der Waals surface area contributed by atoms with Crippen molar-refractivity contribution in [2.24, 2.45) is 0 Å². The summed E-state index contributed by atoms with van der Waals surface area (Å²) in [5.41, 5.74) is 5.69. The SMILES string of the molecule is CC(=O)N1C2Cc3c([nH]c4ccccc34)[C@H]1CN(CC(c1ccccc1)c1ccccc1)C2=O. The number of fused-ring (bicyclic) bond motifs is 6. The number of nitrogens with zero attached hydrogens (tertiary/aromatic N) is 2. The maximum Gasteiger partial charge on any atom is 0.245 e. The molecule has 5 heteroatoms. The van der Waals surface area contributed by atoms with Gasteiger partial charge in [-0.1, -0.05) is 78.9 Å². The van der Waals surface area contributed by atoms with Gasteiger partial charge in [0.15, 0.2) is 0 Å². The van der Waals surface area contributed by atoms with Crippen LogP contribution in [-0.2, 0) is 16.0 Å². The van der Waals surface area contributed by atoms with Gasteiger partial charge in [-0.15, -0.1) is 0 Å². The van der Waals surface area contributed by atoms with Gasteiger partial charge >= 0.3 is 0 Å². The van der Waals surface area contributed by atoms with Gasteiger partial charge in [0, 0.05) is 48.9 Å². The van der Waals surface area contributed by atoms with Crippen molar-refractivity contribution in [2.45, 2.75) is 31.3 Å². The van der Waals surface area contributed by atoms with Gasteiger partial charge in [-0.05, 0) is 22.8 Å². The van der Waals surface area contributed by atoms with Crippen LogP contribution in [0.1, 0.15) is 41.3 Å². The van der Waals surface area contributed by atoms with Crippen LogP contribution < -0.4 is 0 Å². The Hall–Kier alpha value is -3.86. The van der Waals surface area contributed by atoms with Gasteiger partial charge < -0.3 is 14.8 Å². The Morgan fingerprint density at radius 2 is 1.53 bits per heavy atom. The summed E-state index contributed by atoms with van der Waals surface area (Å²) >= 11 is 0. The maximum absolute atomic E-state index is 13.8. The number of carbonyl (C=O) groups is 2. The molecule has 2 aliphatic heterocycles. The summed E-state index contributed by atoms with van der Waals surface area (Å²) in [5, 5.41) is 1.16. The highest BCUT2D eigenvalue weighted by Gasteiger charge is 2.48. The Balaban J connectivity index is 1.40. The van der Waals surface area contributed by atoms with E-state index in [9.17, 15) is 9.59 Å². The van der Waals surface area contributed by atoms with Crippen molar-refractivity contribution in [3.63, 3.8) is 0 Å². The van der Waals surface area contributed by atoms with Crippen LogP contribution in [0.5, 0.6) is 0 Å². The number of carbonyl (C=O) groups excluding carboxylic acids is 2. The lowest BCUT2D eigenvalue weighted by Gasteiger charge is -2.49. The van der Waals surface area contributed by atoms with E-state index in [4.69, 9.17) is 0 Å². The predicted molar refractivity (Wildman–Crippen MR) is 132 cm³/mol. The first-order valence-corrected chi connectivity index (χ1v) is 11.9. The molecule has 5 nitrogen and oxygen atoms in total. The molecule has 2 aliphatic rings. The lowest BCUT2D eigenvalue weighted by Crippen LogP contribution is -2.62. The number of rotatable bonds is 4. The molecule has 3 aromatic carbocycles. The van der Waals surface area contributed by atoms with E-state index < -0.39 is 6.04 Å². The van der Waals surface area contributed by atoms with Gasteiger partial charge in [-0.3, -0.25) is 9.59 Å². The normalized spacial score (nSPS) is 19.5. The van der Waals surface area contributed by atoms with E-state index in [0.717, 1.165) is 16.6 Å². The Morgan fingerprint density at radius 3 is 2.18 bits per heavy atom. The van der Waals surface area contributed by atoms with E-state index >= 15 is 0 Å². The van der Waals surface area contributed by atoms with Crippen LogP contribution in [0.4, 0.5) is 0 Å². The summed E-state index contributed by atoms with van der Waals surface area (Å²) in [7, 11) is 0. The Bertz CT molecular complexity index is 1320. The number of piperazine rings is 1. The summed E-state index contributed by atoms with van der Waals surface area (Å²) in [5.74, 6) is 0.0624. The fraction of sp³-hybridized carbons (Fsp3) is 0.241. The van der Waals surface area contributed by atoms with Gasteiger partial charge in [-0.25, -0.2) is 0 Å². The van der Waals surface area contributed by atoms with Crippen molar-refractivity contribution >= 4 is 22.7 Å². The monoisotopic (exact) mass is 449 g/mol. The van der Waals surface area contributed by atoms with Gasteiger partial charge in [0.05, 0.1) is 6.04 Å². The summed E-state index contributed by atoms with van der Waals surface area (Å²) in [4.78, 5) is 33.9. The van der Waals surface area contributed by atoms with Crippen LogP contribution in [-0.4, -0.2) is 45.7 Å². The van der Waals surface area contributed by atoms with Crippen molar-refractivity contribution in [2.75, 3.05) is 13.1 Å². The number of nitrogens with one attached hydrogen (secondary N) is 1. The molecule has 1 fully saturated rings. The van der Waals surface area contributed by atoms with E-state index in [0.29, 0.717) is 19.5 Å². The first-order chi connectivity index (χ1) is 16.6. The van der Waals surface area contributed by atoms with Crippen LogP contribution in [0.15, 0.2) is 84.9 Å². The molecule has 170 valence electrons. The average Bonchev–Trinajstić information content (AvgIpc) is 3.24. The van der Waals surface area contributed by atoms with Crippen molar-refractivity contribution < 1.29 is 9.59 Å². The number of para-hydroxylation sites is 1. The third-order valence-electron chi connectivity index (χ3n) is 7.41. The zero-order chi connectivity index (χ0) is 23.2. The topological polar surface area (TPSA) is 56.4 Å². The number of H-pyrrole nitrogens is 1. The second kappa shape index (κ2) is 8.17. The molecule has 0 radical (unpaired) electrons. The standard InChI is InChI=1S/C29H27N3O2/c1-19(33)32-26-16-23-22-14-8-9-15-25(22)30-28(23)27(32)18-31(29(26)34)17-24(20-10-4-2-5-11-20)21-12-6-3-7-13-21/h2-15,24,26-27,30H,16-18H2,1H3/t26?,27-/m1/s1. The minimum atomic E-state index is -0.463. The molecule has 4 aromatic rings. The largest absolute Gasteiger partial charge is 0.356 e. The molecule has 0 spiro atoms. The molecule has 3 heterocycles. The van der Waals surface area contributed by atoms with Crippen molar-refractivity contribution in [3.05, 3.63) is 107 Å². The first-order valence-electron chi connectivity index (χ1n) is 11.9. The lowest BCUT2D eigenvalue weighted by molar-refractivity contribution is -0.156. The second-order valence-electron chi connectivity index (χ2n) is 9.34. The van der Waals surface area contributed by atoms with Crippen molar-refractivity contribution in [1.82, 2.24) is 14.8 Å². The predicted octanol–water partition coefficient (Wildman–Crippen LogP) is 4.66. The highest BCUT2D eigenvalue weighted by Crippen LogP contribution is 2.41. The third-order valence-corrected chi connectivity index (χ3v) is 7.41. The summed E-state index contributed by atoms with van der Waals surface area (Å²) in [6, 6.07) is 28.3. The van der Waals surface area contributed by atoms with Crippen LogP contribution in [0.25, 0.3) is 10.9 Å². The van der Waals surface area contributed by atoms with Crippen LogP contribution in [0.3, 0.4) is 0 Å². The molecule has 6 rings (SSSR count). The molecule has 2 atom stereocenters. The van der Waals surface area contributed by atoms with E-state index in [1.165, 1.54) is 16.7 Å². The molecule has 1 unspecified atom stereocenters. The maximum atomic E-state index is 13.8. The molecule has 1 saturated heterocycles. The zero-order valence-electron chi connectivity index (χ0n) is 19.1. The molecular weight excluding hydrogens is 422 g/mol.